The van der Waals surface area contributed by atoms with Gasteiger partial charge in [0.05, 0.1) is 18.5 Å². The molecule has 0 saturated heterocycles. The second-order valence-electron chi connectivity index (χ2n) is 16.5. The molecule has 4 aromatic carbocycles. The lowest BCUT2D eigenvalue weighted by atomic mass is 9.72. The molecule has 1 N–H and O–H groups in total. The van der Waals surface area contributed by atoms with E-state index in [0.717, 1.165) is 54.6 Å². The van der Waals surface area contributed by atoms with Crippen LogP contribution in [-0.2, 0) is 14.3 Å². The van der Waals surface area contributed by atoms with Gasteiger partial charge in [-0.15, -0.1) is 0 Å². The van der Waals surface area contributed by atoms with Crippen LogP contribution in [0.5, 0.6) is 11.5 Å². The van der Waals surface area contributed by atoms with Crippen molar-refractivity contribution in [3.63, 3.8) is 0 Å². The molecule has 4 aromatic rings. The Morgan fingerprint density at radius 1 is 0.612 bits per heavy atom. The monoisotopic (exact) mass is 688 g/mol. The third kappa shape index (κ3) is 11.7. The molecule has 2 fully saturated rings. The molecule has 268 valence electrons. The highest BCUT2D eigenvalue weighted by molar-refractivity contribution is 7.86. The number of aromatic hydroxyl groups is 1. The number of hydrogen-bond donors (Lipinski definition) is 1. The minimum atomic E-state index is -3.28. The lowest BCUT2D eigenvalue weighted by molar-refractivity contribution is 0.0882. The molecule has 2 aliphatic rings. The van der Waals surface area contributed by atoms with Crippen LogP contribution in [0.3, 0.4) is 0 Å². The summed E-state index contributed by atoms with van der Waals surface area (Å²) < 4.78 is 33.2. The van der Waals surface area contributed by atoms with Gasteiger partial charge < -0.3 is 9.84 Å². The van der Waals surface area contributed by atoms with Gasteiger partial charge in [-0.2, -0.15) is 8.42 Å². The van der Waals surface area contributed by atoms with Crippen molar-refractivity contribution in [3.8, 4) is 11.5 Å². The summed E-state index contributed by atoms with van der Waals surface area (Å²) in [6, 6.07) is 24.5. The van der Waals surface area contributed by atoms with E-state index in [4.69, 9.17) is 8.92 Å². The number of hydrogen-bond acceptors (Lipinski definition) is 5. The SMILES string of the molecule is CC(C)(C)C1CCC(OS(C)(=O)=O)CC1.Cc1cc(O)cc2ccccc12.Cc1cc(OC2CCC(C(C)(C)C)CC2)cc2ccccc12. The molecule has 0 aromatic heterocycles. The number of benzene rings is 4. The Morgan fingerprint density at radius 2 is 1.04 bits per heavy atom. The minimum Gasteiger partial charge on any atom is -0.508 e. The van der Waals surface area contributed by atoms with Crippen LogP contribution in [0.15, 0.2) is 72.8 Å². The van der Waals surface area contributed by atoms with Crippen LogP contribution in [0.4, 0.5) is 0 Å². The third-order valence-electron chi connectivity index (χ3n) is 10.5. The maximum atomic E-state index is 11.0. The van der Waals surface area contributed by atoms with E-state index in [1.54, 1.807) is 12.1 Å². The fourth-order valence-corrected chi connectivity index (χ4v) is 8.22. The van der Waals surface area contributed by atoms with Crippen LogP contribution in [0, 0.1) is 36.5 Å². The summed E-state index contributed by atoms with van der Waals surface area (Å²) in [5.41, 5.74) is 3.18. The van der Waals surface area contributed by atoms with Gasteiger partial charge in [0.1, 0.15) is 11.5 Å². The zero-order chi connectivity index (χ0) is 36.0. The van der Waals surface area contributed by atoms with Gasteiger partial charge in [0.2, 0.25) is 0 Å². The normalized spacial score (nSPS) is 21.7. The molecule has 0 aliphatic heterocycles. The van der Waals surface area contributed by atoms with Crippen molar-refractivity contribution < 1.29 is 22.4 Å². The quantitative estimate of drug-likeness (QED) is 0.216. The van der Waals surface area contributed by atoms with Crippen molar-refractivity contribution >= 4 is 31.7 Å². The first-order chi connectivity index (χ1) is 22.9. The van der Waals surface area contributed by atoms with E-state index in [2.05, 4.69) is 90.9 Å². The predicted octanol–water partition coefficient (Wildman–Crippen LogP) is 11.6. The molecule has 0 heterocycles. The molecule has 0 atom stereocenters. The average molecular weight is 689 g/mol. The van der Waals surface area contributed by atoms with Gasteiger partial charge >= 0.3 is 0 Å². The van der Waals surface area contributed by atoms with Gasteiger partial charge in [-0.05, 0) is 145 Å². The Morgan fingerprint density at radius 3 is 1.51 bits per heavy atom. The molecule has 49 heavy (non-hydrogen) atoms. The standard InChI is InChI=1S/C21H28O.C11H22O3S.C11H10O/c1-15-13-19(14-16-7-5-6-8-20(15)16)22-18-11-9-17(10-12-18)21(2,3)4;1-11(2,3)9-5-7-10(8-6-9)14-15(4,12)13;1-8-6-10(12)7-9-4-2-3-5-11(8)9/h5-8,13-14,17-18H,9-12H2,1-4H3;9-10H,5-8H2,1-4H3;2-7,12H,1H3. The molecule has 2 saturated carbocycles. The average Bonchev–Trinajstić information content (AvgIpc) is 3.01. The van der Waals surface area contributed by atoms with Gasteiger partial charge in [0.15, 0.2) is 0 Å². The third-order valence-corrected chi connectivity index (χ3v) is 11.1. The largest absolute Gasteiger partial charge is 0.508 e. The molecule has 6 rings (SSSR count). The summed E-state index contributed by atoms with van der Waals surface area (Å²) in [5, 5.41) is 14.2. The van der Waals surface area contributed by atoms with Crippen LogP contribution in [0.2, 0.25) is 0 Å². The molecule has 0 bridgehead atoms. The summed E-state index contributed by atoms with van der Waals surface area (Å²) >= 11 is 0. The molecular weight excluding hydrogens is 629 g/mol. The number of aryl methyl sites for hydroxylation is 2. The predicted molar refractivity (Wildman–Crippen MR) is 206 cm³/mol. The maximum Gasteiger partial charge on any atom is 0.264 e. The Bertz CT molecular complexity index is 1760. The molecular formula is C43H60O5S. The van der Waals surface area contributed by atoms with Crippen molar-refractivity contribution in [2.75, 3.05) is 6.26 Å². The van der Waals surface area contributed by atoms with Crippen molar-refractivity contribution in [1.29, 1.82) is 0 Å². The Kier molecular flexibility index (Phi) is 12.9. The highest BCUT2D eigenvalue weighted by atomic mass is 32.2. The molecule has 0 spiro atoms. The Balaban J connectivity index is 0.000000175. The first-order valence-electron chi connectivity index (χ1n) is 18.1. The van der Waals surface area contributed by atoms with E-state index in [1.165, 1.54) is 47.4 Å². The van der Waals surface area contributed by atoms with E-state index in [0.29, 0.717) is 28.6 Å². The summed E-state index contributed by atoms with van der Waals surface area (Å²) in [5.74, 6) is 2.91. The Labute approximate surface area is 296 Å². The lowest BCUT2D eigenvalue weighted by Gasteiger charge is -2.37. The zero-order valence-electron chi connectivity index (χ0n) is 31.4. The van der Waals surface area contributed by atoms with E-state index >= 15 is 0 Å². The molecule has 0 radical (unpaired) electrons. The zero-order valence-corrected chi connectivity index (χ0v) is 32.2. The number of ether oxygens (including phenoxy) is 1. The van der Waals surface area contributed by atoms with Crippen LogP contribution >= 0.6 is 0 Å². The number of fused-ring (bicyclic) bond motifs is 2. The number of rotatable bonds is 4. The topological polar surface area (TPSA) is 72.8 Å². The highest BCUT2D eigenvalue weighted by Gasteiger charge is 2.32. The second-order valence-corrected chi connectivity index (χ2v) is 18.1. The van der Waals surface area contributed by atoms with Gasteiger partial charge in [-0.1, -0.05) is 90.1 Å². The van der Waals surface area contributed by atoms with Crippen LogP contribution in [-0.4, -0.2) is 32.0 Å². The van der Waals surface area contributed by atoms with Crippen molar-refractivity contribution in [1.82, 2.24) is 0 Å². The van der Waals surface area contributed by atoms with Crippen molar-refractivity contribution in [2.45, 2.75) is 119 Å². The van der Waals surface area contributed by atoms with Gasteiger partial charge in [0.25, 0.3) is 10.1 Å². The summed E-state index contributed by atoms with van der Waals surface area (Å²) in [7, 11) is -3.28. The van der Waals surface area contributed by atoms with Crippen LogP contribution in [0.1, 0.15) is 104 Å². The highest BCUT2D eigenvalue weighted by Crippen LogP contribution is 2.40. The Hall–Kier alpha value is -3.09. The maximum absolute atomic E-state index is 11.0. The van der Waals surface area contributed by atoms with E-state index in [-0.39, 0.29) is 6.10 Å². The smallest absolute Gasteiger partial charge is 0.264 e. The van der Waals surface area contributed by atoms with E-state index in [9.17, 15) is 13.5 Å². The second kappa shape index (κ2) is 16.3. The van der Waals surface area contributed by atoms with Crippen LogP contribution < -0.4 is 4.74 Å². The minimum absolute atomic E-state index is 0.0846. The summed E-state index contributed by atoms with van der Waals surface area (Å²) in [6.07, 6.45) is 10.3. The fraction of sp³-hybridized carbons (Fsp3) is 0.535. The van der Waals surface area contributed by atoms with E-state index in [1.807, 2.05) is 25.1 Å². The van der Waals surface area contributed by atoms with Gasteiger partial charge in [-0.25, -0.2) is 0 Å². The van der Waals surface area contributed by atoms with Gasteiger partial charge in [0, 0.05) is 0 Å². The molecule has 5 nitrogen and oxygen atoms in total. The van der Waals surface area contributed by atoms with Crippen LogP contribution in [0.25, 0.3) is 21.5 Å². The van der Waals surface area contributed by atoms with Crippen molar-refractivity contribution in [3.05, 3.63) is 83.9 Å². The molecule has 0 unspecified atom stereocenters. The molecule has 0 amide bonds. The number of phenols is 1. The van der Waals surface area contributed by atoms with Crippen molar-refractivity contribution in [2.24, 2.45) is 22.7 Å². The lowest BCUT2D eigenvalue weighted by Crippen LogP contribution is -2.30. The van der Waals surface area contributed by atoms with Gasteiger partial charge in [-0.3, -0.25) is 4.18 Å². The summed E-state index contributed by atoms with van der Waals surface area (Å²) in [4.78, 5) is 0. The fourth-order valence-electron chi connectivity index (χ4n) is 7.53. The number of phenolic OH excluding ortho intramolecular Hbond substituents is 1. The molecule has 6 heteroatoms. The summed E-state index contributed by atoms with van der Waals surface area (Å²) in [6.45, 7) is 18.0. The van der Waals surface area contributed by atoms with E-state index < -0.39 is 10.1 Å². The first kappa shape index (κ1) is 38.7. The molecule has 2 aliphatic carbocycles. The first-order valence-corrected chi connectivity index (χ1v) is 19.9.